The molecule has 0 aliphatic carbocycles. The van der Waals surface area contributed by atoms with Crippen molar-refractivity contribution in [2.75, 3.05) is 67.0 Å². The second-order valence-corrected chi connectivity index (χ2v) is 18.4. The first-order valence-corrected chi connectivity index (χ1v) is 20.6. The number of terminal acetylenes is 1. The predicted octanol–water partition coefficient (Wildman–Crippen LogP) is 6.79. The number of nitrogens with zero attached hydrogens (tertiary/aromatic N) is 1. The van der Waals surface area contributed by atoms with Crippen molar-refractivity contribution in [2.45, 2.75) is 132 Å². The first kappa shape index (κ1) is 49.3. The van der Waals surface area contributed by atoms with Crippen molar-refractivity contribution in [3.8, 4) is 12.3 Å². The highest BCUT2D eigenvalue weighted by Gasteiger charge is 2.45. The first-order chi connectivity index (χ1) is 23.1. The van der Waals surface area contributed by atoms with Crippen molar-refractivity contribution in [1.82, 2.24) is 4.90 Å². The summed E-state index contributed by atoms with van der Waals surface area (Å²) in [5.41, 5.74) is -3.53. The van der Waals surface area contributed by atoms with Crippen LogP contribution in [0.5, 0.6) is 0 Å². The van der Waals surface area contributed by atoms with Crippen LogP contribution in [0.1, 0.15) is 99.8 Å². The van der Waals surface area contributed by atoms with E-state index in [1.807, 2.05) is 46.7 Å². The van der Waals surface area contributed by atoms with Gasteiger partial charge in [-0.1, -0.05) is 28.3 Å². The van der Waals surface area contributed by atoms with Gasteiger partial charge in [0, 0.05) is 33.1 Å². The van der Waals surface area contributed by atoms with E-state index in [1.54, 1.807) is 27.9 Å². The Labute approximate surface area is 314 Å². The summed E-state index contributed by atoms with van der Waals surface area (Å²) in [5, 5.41) is 8.40. The summed E-state index contributed by atoms with van der Waals surface area (Å²) >= 11 is 4.71. The van der Waals surface area contributed by atoms with Crippen LogP contribution in [0.3, 0.4) is 0 Å². The van der Waals surface area contributed by atoms with E-state index in [0.717, 1.165) is 0 Å². The molecule has 0 aromatic heterocycles. The van der Waals surface area contributed by atoms with Gasteiger partial charge in [0.1, 0.15) is 21.3 Å². The van der Waals surface area contributed by atoms with Gasteiger partial charge in [0.25, 0.3) is 0 Å². The molecule has 4 atom stereocenters. The molecule has 0 spiro atoms. The molecule has 0 saturated heterocycles. The summed E-state index contributed by atoms with van der Waals surface area (Å²) in [6.07, 6.45) is 10.8. The van der Waals surface area contributed by atoms with Crippen LogP contribution in [-0.4, -0.2) is 121 Å². The third-order valence-electron chi connectivity index (χ3n) is 8.35. The molecule has 0 fully saturated rings. The lowest BCUT2D eigenvalue weighted by molar-refractivity contribution is -0.184. The number of halogens is 1. The Balaban J connectivity index is 5.57. The second-order valence-electron chi connectivity index (χ2n) is 14.2. The molecular weight excluding hydrogens is 753 g/mol. The second kappa shape index (κ2) is 23.8. The van der Waals surface area contributed by atoms with E-state index in [4.69, 9.17) is 44.0 Å². The molecule has 1 N–H and O–H groups in total. The fourth-order valence-electron chi connectivity index (χ4n) is 4.31. The molecule has 12 nitrogen and oxygen atoms in total. The number of phosphoric acid groups is 1. The lowest BCUT2D eigenvalue weighted by Crippen LogP contribution is -2.53. The van der Waals surface area contributed by atoms with Crippen molar-refractivity contribution < 1.29 is 51.8 Å². The van der Waals surface area contributed by atoms with E-state index in [-0.39, 0.29) is 25.8 Å². The number of aliphatic hydroxyl groups is 1. The topological polar surface area (TPSA) is 139 Å². The van der Waals surface area contributed by atoms with E-state index in [2.05, 4.69) is 21.9 Å². The zero-order chi connectivity index (χ0) is 38.7. The minimum Gasteiger partial charge on any atom is -0.459 e. The SMILES string of the molecule is C#CC(C)(OCCC(C)(C)OC)C(C)(C)OC(=O)C(CCCCC(C)(C)OC(=O)C(Br)CCCCO)SCCOP(=O)(OC)OCCN(C)C. The fraction of sp³-hybridized carbons (Fsp3) is 0.886. The van der Waals surface area contributed by atoms with E-state index in [9.17, 15) is 14.2 Å². The van der Waals surface area contributed by atoms with Gasteiger partial charge in [-0.3, -0.25) is 23.2 Å². The molecule has 4 unspecified atom stereocenters. The Morgan fingerprint density at radius 3 is 2.06 bits per heavy atom. The predicted molar refractivity (Wildman–Crippen MR) is 203 cm³/mol. The summed E-state index contributed by atoms with van der Waals surface area (Å²) in [6.45, 7) is 13.9. The number of likely N-dealkylation sites (N-methyl/N-ethyl adjacent to an activating group) is 1. The van der Waals surface area contributed by atoms with Gasteiger partial charge in [0.05, 0.1) is 25.4 Å². The molecular formula is C35H65BrNO11PS. The van der Waals surface area contributed by atoms with Crippen LogP contribution in [0, 0.1) is 12.3 Å². The van der Waals surface area contributed by atoms with Gasteiger partial charge >= 0.3 is 19.8 Å². The molecule has 0 saturated carbocycles. The highest BCUT2D eigenvalue weighted by atomic mass is 79.9. The molecule has 0 aromatic rings. The molecule has 0 aliphatic rings. The first-order valence-electron chi connectivity index (χ1n) is 17.2. The van der Waals surface area contributed by atoms with Crippen LogP contribution in [-0.2, 0) is 46.7 Å². The van der Waals surface area contributed by atoms with Gasteiger partial charge < -0.3 is 29.0 Å². The van der Waals surface area contributed by atoms with Crippen LogP contribution < -0.4 is 0 Å². The average Bonchev–Trinajstić information content (AvgIpc) is 3.02. The third-order valence-corrected chi connectivity index (χ3v) is 11.9. The standard InChI is InChI=1S/C35H65BrNO11PS/c1-13-35(8,44-24-21-32(2,3)42-11)34(6,7)48-31(40)29(50-27-26-46-49(41,43-12)45-25-22-37(9)10)19-14-16-20-33(4,5)47-30(39)28(36)18-15-17-23-38/h1,28-29,38H,14-27H2,2-12H3. The number of ether oxygens (including phenoxy) is 4. The molecule has 0 amide bonds. The van der Waals surface area contributed by atoms with Gasteiger partial charge in [0.2, 0.25) is 0 Å². The lowest BCUT2D eigenvalue weighted by atomic mass is 9.87. The number of esters is 2. The largest absolute Gasteiger partial charge is 0.474 e. The summed E-state index contributed by atoms with van der Waals surface area (Å²) < 4.78 is 52.2. The third kappa shape index (κ3) is 19.9. The van der Waals surface area contributed by atoms with Gasteiger partial charge in [-0.2, -0.15) is 0 Å². The Kier molecular flexibility index (Phi) is 23.5. The van der Waals surface area contributed by atoms with Crippen molar-refractivity contribution in [2.24, 2.45) is 0 Å². The number of unbranched alkanes of at least 4 members (excludes halogenated alkanes) is 2. The zero-order valence-corrected chi connectivity index (χ0v) is 35.6. The number of thioether (sulfide) groups is 1. The minimum atomic E-state index is -3.76. The van der Waals surface area contributed by atoms with E-state index in [0.29, 0.717) is 70.3 Å². The van der Waals surface area contributed by atoms with Crippen LogP contribution in [0.4, 0.5) is 0 Å². The zero-order valence-electron chi connectivity index (χ0n) is 32.3. The normalized spacial score (nSPS) is 16.3. The maximum absolute atomic E-state index is 13.7. The number of aliphatic hydroxyl groups excluding tert-OH is 1. The van der Waals surface area contributed by atoms with E-state index >= 15 is 0 Å². The summed E-state index contributed by atoms with van der Waals surface area (Å²) in [7, 11) is 2.88. The number of hydrogen-bond acceptors (Lipinski definition) is 13. The van der Waals surface area contributed by atoms with E-state index in [1.165, 1.54) is 18.9 Å². The molecule has 0 aliphatic heterocycles. The average molecular weight is 819 g/mol. The van der Waals surface area contributed by atoms with Crippen molar-refractivity contribution in [3.05, 3.63) is 0 Å². The maximum atomic E-state index is 13.7. The fourth-order valence-corrected chi connectivity index (χ4v) is 6.74. The Bertz CT molecular complexity index is 1090. The molecule has 0 rings (SSSR count). The summed E-state index contributed by atoms with van der Waals surface area (Å²) in [5.74, 6) is 2.20. The van der Waals surface area contributed by atoms with Crippen LogP contribution in [0.25, 0.3) is 0 Å². The van der Waals surface area contributed by atoms with Gasteiger partial charge in [-0.05, 0) is 108 Å². The summed E-state index contributed by atoms with van der Waals surface area (Å²) in [4.78, 5) is 27.8. The molecule has 0 heterocycles. The number of carbonyl (C=O) groups is 2. The van der Waals surface area contributed by atoms with Crippen molar-refractivity contribution in [1.29, 1.82) is 0 Å². The molecule has 15 heteroatoms. The number of methoxy groups -OCH3 is 1. The molecule has 0 radical (unpaired) electrons. The number of rotatable bonds is 29. The Hall–Kier alpha value is -0.720. The number of hydrogen-bond donors (Lipinski definition) is 1. The van der Waals surface area contributed by atoms with E-state index < -0.39 is 46.3 Å². The lowest BCUT2D eigenvalue weighted by Gasteiger charge is -2.40. The maximum Gasteiger partial charge on any atom is 0.474 e. The summed E-state index contributed by atoms with van der Waals surface area (Å²) in [6, 6.07) is 0. The number of alkyl halides is 1. The minimum absolute atomic E-state index is 0.0143. The van der Waals surface area contributed by atoms with Gasteiger partial charge in [0.15, 0.2) is 5.60 Å². The number of phosphoric ester groups is 1. The van der Waals surface area contributed by atoms with Crippen LogP contribution in [0.2, 0.25) is 0 Å². The smallest absolute Gasteiger partial charge is 0.459 e. The van der Waals surface area contributed by atoms with Crippen LogP contribution in [0.15, 0.2) is 0 Å². The Morgan fingerprint density at radius 1 is 0.880 bits per heavy atom. The molecule has 50 heavy (non-hydrogen) atoms. The van der Waals surface area contributed by atoms with Gasteiger partial charge in [-0.15, -0.1) is 18.2 Å². The van der Waals surface area contributed by atoms with Crippen LogP contribution >= 0.6 is 35.5 Å². The number of carbonyl (C=O) groups excluding carboxylic acids is 2. The molecule has 0 bridgehead atoms. The van der Waals surface area contributed by atoms with Gasteiger partial charge in [-0.25, -0.2) is 4.57 Å². The molecule has 0 aromatic carbocycles. The van der Waals surface area contributed by atoms with Crippen molar-refractivity contribution >= 4 is 47.5 Å². The van der Waals surface area contributed by atoms with Crippen molar-refractivity contribution in [3.63, 3.8) is 0 Å². The highest BCUT2D eigenvalue weighted by molar-refractivity contribution is 9.10. The quantitative estimate of drug-likeness (QED) is 0.0279. The Morgan fingerprint density at radius 2 is 1.50 bits per heavy atom. The molecule has 294 valence electrons. The monoisotopic (exact) mass is 817 g/mol. The highest BCUT2D eigenvalue weighted by Crippen LogP contribution is 2.48.